The summed E-state index contributed by atoms with van der Waals surface area (Å²) < 4.78 is 17.0. The van der Waals surface area contributed by atoms with Crippen LogP contribution in [0.1, 0.15) is 37.0 Å². The molecule has 3 aromatic rings. The Morgan fingerprint density at radius 3 is 2.76 bits per heavy atom. The van der Waals surface area contributed by atoms with Crippen LogP contribution in [0.3, 0.4) is 0 Å². The van der Waals surface area contributed by atoms with Crippen molar-refractivity contribution in [3.05, 3.63) is 67.5 Å². The monoisotopic (exact) mass is 467 g/mol. The minimum absolute atomic E-state index is 0.0626. The number of benzene rings is 1. The number of hydrogen-bond donors (Lipinski definition) is 1. The van der Waals surface area contributed by atoms with E-state index in [0.717, 1.165) is 5.56 Å². The van der Waals surface area contributed by atoms with E-state index >= 15 is 0 Å². The second-order valence-corrected chi connectivity index (χ2v) is 8.41. The molecule has 176 valence electrons. The molecule has 2 aliphatic rings. The Kier molecular flexibility index (Phi) is 4.74. The van der Waals surface area contributed by atoms with E-state index in [1.807, 2.05) is 6.07 Å². The molecule has 0 saturated carbocycles. The fraction of sp³-hybridized carbons (Fsp3) is 0.348. The van der Waals surface area contributed by atoms with Crippen molar-refractivity contribution in [1.29, 1.82) is 0 Å². The summed E-state index contributed by atoms with van der Waals surface area (Å²) in [6.07, 6.45) is 0.0626. The number of aromatic nitrogens is 2. The lowest BCUT2D eigenvalue weighted by molar-refractivity contribution is -0.670. The second-order valence-electron chi connectivity index (χ2n) is 8.41. The zero-order valence-corrected chi connectivity index (χ0v) is 18.7. The molecule has 1 unspecified atom stereocenters. The number of cyclic esters (lactones) is 1. The predicted molar refractivity (Wildman–Crippen MR) is 118 cm³/mol. The van der Waals surface area contributed by atoms with Gasteiger partial charge in [-0.05, 0) is 36.8 Å². The number of nitro groups is 1. The molecule has 2 aromatic heterocycles. The summed E-state index contributed by atoms with van der Waals surface area (Å²) in [5.41, 5.74) is 0.654. The van der Waals surface area contributed by atoms with E-state index in [1.54, 1.807) is 31.2 Å². The van der Waals surface area contributed by atoms with Crippen LogP contribution < -0.4 is 10.3 Å². The van der Waals surface area contributed by atoms with Gasteiger partial charge in [-0.3, -0.25) is 19.6 Å². The highest BCUT2D eigenvalue weighted by Crippen LogP contribution is 2.39. The normalized spacial score (nSPS) is 20.2. The number of carbonyl (C=O) groups excluding carboxylic acids is 1. The van der Waals surface area contributed by atoms with Gasteiger partial charge in [0.2, 0.25) is 0 Å². The number of pyridine rings is 2. The maximum Gasteiger partial charge on any atom is 0.480 e. The van der Waals surface area contributed by atoms with Gasteiger partial charge < -0.3 is 19.1 Å². The molecule has 0 spiro atoms. The molecule has 1 aromatic carbocycles. The highest BCUT2D eigenvalue weighted by atomic mass is 16.8. The number of rotatable bonds is 5. The van der Waals surface area contributed by atoms with Gasteiger partial charge in [-0.1, -0.05) is 6.92 Å². The van der Waals surface area contributed by atoms with Crippen molar-refractivity contribution in [1.82, 2.24) is 9.55 Å². The maximum absolute atomic E-state index is 13.2. The SMILES string of the molecule is CC[C@@]1(O)C(=O)OCc2c1cc1n(c2=O)Cc2cc3cc(OC(C)(OC)[N+](=O)[O-])ccc3nc2-1. The smallest absolute Gasteiger partial charge is 0.458 e. The van der Waals surface area contributed by atoms with Gasteiger partial charge in [0, 0.05) is 23.6 Å². The molecule has 4 heterocycles. The third-order valence-corrected chi connectivity index (χ3v) is 6.50. The zero-order valence-electron chi connectivity index (χ0n) is 18.7. The lowest BCUT2D eigenvalue weighted by Crippen LogP contribution is -2.44. The number of hydrogen-bond acceptors (Lipinski definition) is 9. The largest absolute Gasteiger partial charge is 0.480 e. The summed E-state index contributed by atoms with van der Waals surface area (Å²) in [4.78, 5) is 40.8. The highest BCUT2D eigenvalue weighted by molar-refractivity contribution is 5.87. The highest BCUT2D eigenvalue weighted by Gasteiger charge is 2.45. The molecule has 5 rings (SSSR count). The van der Waals surface area contributed by atoms with Crippen molar-refractivity contribution in [2.75, 3.05) is 7.11 Å². The van der Waals surface area contributed by atoms with Gasteiger partial charge in [-0.15, -0.1) is 0 Å². The molecule has 0 bridgehead atoms. The number of nitrogens with zero attached hydrogens (tertiary/aromatic N) is 3. The molecule has 0 amide bonds. The molecule has 0 radical (unpaired) electrons. The predicted octanol–water partition coefficient (Wildman–Crippen LogP) is 2.06. The van der Waals surface area contributed by atoms with Gasteiger partial charge in [0.1, 0.15) is 12.4 Å². The van der Waals surface area contributed by atoms with Crippen molar-refractivity contribution >= 4 is 16.9 Å². The molecule has 1 N–H and O–H groups in total. The summed E-state index contributed by atoms with van der Waals surface area (Å²) in [6, 6.07) is 8.29. The first-order valence-electron chi connectivity index (χ1n) is 10.6. The average Bonchev–Trinajstić information content (AvgIpc) is 3.18. The molecule has 2 atom stereocenters. The summed E-state index contributed by atoms with van der Waals surface area (Å²) in [7, 11) is 1.19. The van der Waals surface area contributed by atoms with Gasteiger partial charge >= 0.3 is 11.9 Å². The number of esters is 1. The number of carbonyl (C=O) groups is 1. The molecule has 34 heavy (non-hydrogen) atoms. The van der Waals surface area contributed by atoms with E-state index in [4.69, 9.17) is 19.2 Å². The third kappa shape index (κ3) is 3.01. The molecule has 0 aliphatic carbocycles. The Balaban J connectivity index is 1.62. The van der Waals surface area contributed by atoms with Crippen LogP contribution in [0.2, 0.25) is 0 Å². The van der Waals surface area contributed by atoms with E-state index in [9.17, 15) is 24.8 Å². The number of aliphatic hydroxyl groups is 1. The topological polar surface area (TPSA) is 143 Å². The van der Waals surface area contributed by atoms with Gasteiger partial charge in [0.15, 0.2) is 5.60 Å². The fourth-order valence-corrected chi connectivity index (χ4v) is 4.40. The molecule has 0 fully saturated rings. The van der Waals surface area contributed by atoms with Crippen LogP contribution in [0.5, 0.6) is 5.75 Å². The first-order chi connectivity index (χ1) is 16.1. The maximum atomic E-state index is 13.2. The van der Waals surface area contributed by atoms with Crippen LogP contribution in [0.4, 0.5) is 0 Å². The first-order valence-corrected chi connectivity index (χ1v) is 10.6. The van der Waals surface area contributed by atoms with Gasteiger partial charge in [-0.25, -0.2) is 9.78 Å². The fourth-order valence-electron chi connectivity index (χ4n) is 4.40. The van der Waals surface area contributed by atoms with Gasteiger partial charge in [0.05, 0.1) is 40.9 Å². The Bertz CT molecular complexity index is 1450. The van der Waals surface area contributed by atoms with Crippen molar-refractivity contribution in [3.8, 4) is 17.1 Å². The minimum Gasteiger partial charge on any atom is -0.458 e. The molecule has 2 aliphatic heterocycles. The quantitative estimate of drug-likeness (QED) is 0.202. The van der Waals surface area contributed by atoms with Crippen LogP contribution >= 0.6 is 0 Å². The average molecular weight is 467 g/mol. The number of methoxy groups -OCH3 is 1. The van der Waals surface area contributed by atoms with E-state index < -0.39 is 22.4 Å². The molecule has 11 heteroatoms. The summed E-state index contributed by atoms with van der Waals surface area (Å²) in [5, 5.41) is 22.9. The van der Waals surface area contributed by atoms with E-state index in [-0.39, 0.29) is 42.0 Å². The number of ether oxygens (including phenoxy) is 3. The van der Waals surface area contributed by atoms with Crippen LogP contribution in [0, 0.1) is 10.1 Å². The molecule has 0 saturated heterocycles. The Morgan fingerprint density at radius 2 is 2.09 bits per heavy atom. The minimum atomic E-state index is -2.05. The van der Waals surface area contributed by atoms with Crippen molar-refractivity contribution < 1.29 is 29.0 Å². The first kappa shape index (κ1) is 22.0. The lowest BCUT2D eigenvalue weighted by atomic mass is 9.86. The summed E-state index contributed by atoms with van der Waals surface area (Å²) >= 11 is 0. The second kappa shape index (κ2) is 7.34. The standard InChI is InChI=1S/C23H21N3O8/c1-4-23(29)16-9-18-19-13(10-25(18)20(27)15(16)11-33-21(23)28)7-12-8-14(5-6-17(12)24-19)34-22(2,32-3)26(30)31/h5-9,29H,4,10-11H2,1-3H3/t22?,23-/m0/s1. The Morgan fingerprint density at radius 1 is 1.32 bits per heavy atom. The van der Waals surface area contributed by atoms with Crippen molar-refractivity contribution in [2.24, 2.45) is 0 Å². The molecular formula is C23H21N3O8. The lowest BCUT2D eigenvalue weighted by Gasteiger charge is -2.31. The van der Waals surface area contributed by atoms with Crippen LogP contribution in [0.25, 0.3) is 22.3 Å². The van der Waals surface area contributed by atoms with Gasteiger partial charge in [0.25, 0.3) is 5.56 Å². The van der Waals surface area contributed by atoms with E-state index in [0.29, 0.717) is 22.3 Å². The molecular weight excluding hydrogens is 446 g/mol. The summed E-state index contributed by atoms with van der Waals surface area (Å²) in [5.74, 6) is -2.60. The van der Waals surface area contributed by atoms with Gasteiger partial charge in [-0.2, -0.15) is 0 Å². The number of fused-ring (bicyclic) bond motifs is 5. The zero-order chi connectivity index (χ0) is 24.4. The van der Waals surface area contributed by atoms with Crippen LogP contribution in [-0.4, -0.2) is 38.6 Å². The van der Waals surface area contributed by atoms with Crippen LogP contribution in [-0.2, 0) is 33.0 Å². The van der Waals surface area contributed by atoms with Crippen LogP contribution in [0.15, 0.2) is 35.1 Å². The Labute approximate surface area is 192 Å². The third-order valence-electron chi connectivity index (χ3n) is 6.50. The molecule has 11 nitrogen and oxygen atoms in total. The van der Waals surface area contributed by atoms with E-state index in [1.165, 1.54) is 18.6 Å². The Hall–Kier alpha value is -3.83. The van der Waals surface area contributed by atoms with Crippen molar-refractivity contribution in [3.63, 3.8) is 0 Å². The van der Waals surface area contributed by atoms with E-state index in [2.05, 4.69) is 0 Å². The summed E-state index contributed by atoms with van der Waals surface area (Å²) in [6.45, 7) is 2.90. The van der Waals surface area contributed by atoms with Crippen molar-refractivity contribution in [2.45, 2.75) is 44.9 Å².